The Morgan fingerprint density at radius 1 is 1.15 bits per heavy atom. The van der Waals surface area contributed by atoms with Gasteiger partial charge >= 0.3 is 0 Å². The molecule has 0 atom stereocenters. The summed E-state index contributed by atoms with van der Waals surface area (Å²) in [6.45, 7) is 2.19. The minimum Gasteiger partial charge on any atom is -0.322 e. The van der Waals surface area contributed by atoms with Crippen molar-refractivity contribution in [1.29, 1.82) is 0 Å². The number of halogens is 2. The molecule has 0 aliphatic rings. The number of nitrogens with one attached hydrogen (secondary N) is 1. The van der Waals surface area contributed by atoms with E-state index >= 15 is 0 Å². The van der Waals surface area contributed by atoms with Gasteiger partial charge in [0.2, 0.25) is 0 Å². The molecule has 26 heavy (non-hydrogen) atoms. The van der Waals surface area contributed by atoms with Gasteiger partial charge in [-0.2, -0.15) is 0 Å². The van der Waals surface area contributed by atoms with E-state index in [1.165, 1.54) is 10.6 Å². The molecule has 0 spiro atoms. The zero-order valence-corrected chi connectivity index (χ0v) is 16.3. The molecule has 0 radical (unpaired) electrons. The summed E-state index contributed by atoms with van der Waals surface area (Å²) < 4.78 is 2.40. The molecule has 6 heteroatoms. The summed E-state index contributed by atoms with van der Waals surface area (Å²) >= 11 is 9.56. The van der Waals surface area contributed by atoms with Crippen LogP contribution in [0.5, 0.6) is 0 Å². The molecule has 1 heterocycles. The van der Waals surface area contributed by atoms with Crippen molar-refractivity contribution in [3.8, 4) is 0 Å². The first-order valence-corrected chi connectivity index (χ1v) is 9.13. The highest BCUT2D eigenvalue weighted by atomic mass is 79.9. The number of hydrogen-bond acceptors (Lipinski definition) is 2. The van der Waals surface area contributed by atoms with Gasteiger partial charge in [-0.25, -0.2) is 0 Å². The summed E-state index contributed by atoms with van der Waals surface area (Å²) in [6.07, 6.45) is 1.65. The number of aromatic nitrogens is 1. The van der Waals surface area contributed by atoms with Crippen molar-refractivity contribution in [3.05, 3.63) is 97.3 Å². The summed E-state index contributed by atoms with van der Waals surface area (Å²) in [4.78, 5) is 25.3. The molecule has 0 saturated heterocycles. The molecule has 1 aromatic heterocycles. The van der Waals surface area contributed by atoms with Crippen molar-refractivity contribution in [2.24, 2.45) is 0 Å². The number of amides is 1. The van der Waals surface area contributed by atoms with Gasteiger partial charge in [-0.15, -0.1) is 0 Å². The lowest BCUT2D eigenvalue weighted by Gasteiger charge is -2.11. The van der Waals surface area contributed by atoms with Crippen LogP contribution in [0, 0.1) is 6.92 Å². The molecular formula is C20H16BrClN2O2. The van der Waals surface area contributed by atoms with E-state index in [9.17, 15) is 9.59 Å². The molecule has 2 aromatic carbocycles. The van der Waals surface area contributed by atoms with Crippen LogP contribution >= 0.6 is 27.5 Å². The topological polar surface area (TPSA) is 51.1 Å². The average molecular weight is 432 g/mol. The van der Waals surface area contributed by atoms with Crippen LogP contribution in [0.25, 0.3) is 0 Å². The molecule has 0 bridgehead atoms. The van der Waals surface area contributed by atoms with E-state index in [0.717, 1.165) is 15.6 Å². The van der Waals surface area contributed by atoms with Gasteiger partial charge in [0.15, 0.2) is 0 Å². The van der Waals surface area contributed by atoms with Crippen molar-refractivity contribution in [2.45, 2.75) is 13.5 Å². The number of pyridine rings is 1. The molecule has 0 saturated carbocycles. The van der Waals surface area contributed by atoms with E-state index in [4.69, 9.17) is 11.6 Å². The highest BCUT2D eigenvalue weighted by molar-refractivity contribution is 9.10. The van der Waals surface area contributed by atoms with Crippen molar-refractivity contribution in [3.63, 3.8) is 0 Å². The highest BCUT2D eigenvalue weighted by Crippen LogP contribution is 2.20. The smallest absolute Gasteiger partial charge is 0.263 e. The van der Waals surface area contributed by atoms with Crippen LogP contribution < -0.4 is 10.9 Å². The van der Waals surface area contributed by atoms with Crippen LogP contribution in [0.2, 0.25) is 5.02 Å². The van der Waals surface area contributed by atoms with Crippen LogP contribution in [0.1, 0.15) is 21.5 Å². The van der Waals surface area contributed by atoms with E-state index in [1.54, 1.807) is 24.4 Å². The Morgan fingerprint density at radius 2 is 1.92 bits per heavy atom. The number of aryl methyl sites for hydroxylation is 1. The predicted octanol–water partition coefficient (Wildman–Crippen LogP) is 4.87. The van der Waals surface area contributed by atoms with Gasteiger partial charge in [0.05, 0.1) is 6.54 Å². The molecule has 0 unspecified atom stereocenters. The third-order valence-electron chi connectivity index (χ3n) is 4.00. The third-order valence-corrected chi connectivity index (χ3v) is 4.86. The quantitative estimate of drug-likeness (QED) is 0.640. The molecule has 4 nitrogen and oxygen atoms in total. The maximum atomic E-state index is 12.7. The van der Waals surface area contributed by atoms with Crippen LogP contribution in [-0.4, -0.2) is 10.5 Å². The van der Waals surface area contributed by atoms with Gasteiger partial charge in [0, 0.05) is 21.4 Å². The number of benzene rings is 2. The second-order valence-electron chi connectivity index (χ2n) is 5.86. The molecule has 0 fully saturated rings. The molecule has 1 amide bonds. The van der Waals surface area contributed by atoms with Gasteiger partial charge in [0.25, 0.3) is 11.5 Å². The van der Waals surface area contributed by atoms with Gasteiger partial charge < -0.3 is 9.88 Å². The first-order valence-electron chi connectivity index (χ1n) is 7.96. The van der Waals surface area contributed by atoms with Gasteiger partial charge in [0.1, 0.15) is 5.56 Å². The van der Waals surface area contributed by atoms with E-state index in [1.807, 2.05) is 37.3 Å². The van der Waals surface area contributed by atoms with Crippen LogP contribution in [0.3, 0.4) is 0 Å². The Balaban J connectivity index is 1.88. The number of carbonyl (C=O) groups is 1. The fourth-order valence-electron chi connectivity index (χ4n) is 2.60. The van der Waals surface area contributed by atoms with Crippen molar-refractivity contribution >= 4 is 39.1 Å². The van der Waals surface area contributed by atoms with Crippen molar-refractivity contribution in [1.82, 2.24) is 4.57 Å². The summed E-state index contributed by atoms with van der Waals surface area (Å²) in [5.41, 5.74) is 2.11. The fourth-order valence-corrected chi connectivity index (χ4v) is 3.27. The van der Waals surface area contributed by atoms with Crippen molar-refractivity contribution < 1.29 is 4.79 Å². The molecule has 3 aromatic rings. The first-order chi connectivity index (χ1) is 12.5. The largest absolute Gasteiger partial charge is 0.322 e. The summed E-state index contributed by atoms with van der Waals surface area (Å²) in [5, 5.41) is 3.38. The minimum absolute atomic E-state index is 0.0851. The highest BCUT2D eigenvalue weighted by Gasteiger charge is 2.14. The van der Waals surface area contributed by atoms with E-state index in [2.05, 4.69) is 21.2 Å². The van der Waals surface area contributed by atoms with Crippen LogP contribution in [0.15, 0.2) is 70.1 Å². The van der Waals surface area contributed by atoms with Gasteiger partial charge in [-0.1, -0.05) is 45.7 Å². The van der Waals surface area contributed by atoms with E-state index < -0.39 is 5.91 Å². The number of rotatable bonds is 4. The minimum atomic E-state index is -0.436. The lowest BCUT2D eigenvalue weighted by atomic mass is 10.2. The summed E-state index contributed by atoms with van der Waals surface area (Å²) in [5.74, 6) is -0.436. The normalized spacial score (nSPS) is 10.6. The standard InChI is InChI=1S/C20H16BrClN2O2/c1-13-11-15(21)8-9-18(13)23-19(25)16-6-4-10-24(20(16)26)12-14-5-2-3-7-17(14)22/h2-11H,12H2,1H3,(H,23,25). The zero-order chi connectivity index (χ0) is 18.7. The predicted molar refractivity (Wildman–Crippen MR) is 108 cm³/mol. The monoisotopic (exact) mass is 430 g/mol. The molecule has 0 aliphatic heterocycles. The Labute approximate surface area is 164 Å². The third kappa shape index (κ3) is 4.06. The maximum absolute atomic E-state index is 12.7. The van der Waals surface area contributed by atoms with Crippen LogP contribution in [-0.2, 0) is 6.54 Å². The lowest BCUT2D eigenvalue weighted by molar-refractivity contribution is 0.102. The first kappa shape index (κ1) is 18.4. The fraction of sp³-hybridized carbons (Fsp3) is 0.100. The summed E-state index contributed by atoms with van der Waals surface area (Å²) in [6, 6.07) is 16.1. The Morgan fingerprint density at radius 3 is 2.65 bits per heavy atom. The molecule has 132 valence electrons. The average Bonchev–Trinajstić information content (AvgIpc) is 2.61. The van der Waals surface area contributed by atoms with Gasteiger partial charge in [-0.05, 0) is 54.4 Å². The zero-order valence-electron chi connectivity index (χ0n) is 14.0. The van der Waals surface area contributed by atoms with E-state index in [-0.39, 0.29) is 11.1 Å². The van der Waals surface area contributed by atoms with Crippen LogP contribution in [0.4, 0.5) is 5.69 Å². The number of carbonyl (C=O) groups excluding carboxylic acids is 1. The van der Waals surface area contributed by atoms with Gasteiger partial charge in [-0.3, -0.25) is 9.59 Å². The maximum Gasteiger partial charge on any atom is 0.263 e. The Hall–Kier alpha value is -2.37. The number of hydrogen-bond donors (Lipinski definition) is 1. The number of nitrogens with zero attached hydrogens (tertiary/aromatic N) is 1. The second-order valence-corrected chi connectivity index (χ2v) is 7.18. The molecular weight excluding hydrogens is 416 g/mol. The van der Waals surface area contributed by atoms with E-state index in [0.29, 0.717) is 17.3 Å². The molecule has 1 N–H and O–H groups in total. The SMILES string of the molecule is Cc1cc(Br)ccc1NC(=O)c1cccn(Cc2ccccc2Cl)c1=O. The molecule has 3 rings (SSSR count). The Kier molecular flexibility index (Phi) is 5.59. The van der Waals surface area contributed by atoms with Crippen molar-refractivity contribution in [2.75, 3.05) is 5.32 Å². The summed E-state index contributed by atoms with van der Waals surface area (Å²) in [7, 11) is 0. The number of anilines is 1. The second kappa shape index (κ2) is 7.89. The lowest BCUT2D eigenvalue weighted by Crippen LogP contribution is -2.29. The molecule has 0 aliphatic carbocycles. The Bertz CT molecular complexity index is 1030.